The van der Waals surface area contributed by atoms with Crippen molar-refractivity contribution in [3.05, 3.63) is 59.9 Å². The van der Waals surface area contributed by atoms with Crippen molar-refractivity contribution in [1.29, 1.82) is 0 Å². The Hall–Kier alpha value is -2.89. The van der Waals surface area contributed by atoms with Crippen molar-refractivity contribution >= 4 is 23.3 Å². The lowest BCUT2D eigenvalue weighted by Gasteiger charge is -2.28. The maximum absolute atomic E-state index is 12.8. The first-order chi connectivity index (χ1) is 12.6. The average Bonchev–Trinajstić information content (AvgIpc) is 2.68. The van der Waals surface area contributed by atoms with Gasteiger partial charge in [-0.05, 0) is 67.8 Å². The summed E-state index contributed by atoms with van der Waals surface area (Å²) in [5.74, 6) is -1.53. The molecule has 1 aliphatic heterocycles. The van der Waals surface area contributed by atoms with Crippen LogP contribution in [0.3, 0.4) is 0 Å². The van der Waals surface area contributed by atoms with Crippen LogP contribution in [0.1, 0.15) is 29.6 Å². The minimum atomic E-state index is -0.666. The smallest absolute Gasteiger partial charge is 0.338 e. The van der Waals surface area contributed by atoms with Gasteiger partial charge in [0.1, 0.15) is 5.82 Å². The van der Waals surface area contributed by atoms with E-state index in [9.17, 15) is 14.0 Å². The van der Waals surface area contributed by atoms with E-state index in [-0.39, 0.29) is 5.56 Å². The second-order valence-electron chi connectivity index (χ2n) is 6.23. The number of hydrogen-bond acceptors (Lipinski definition) is 4. The van der Waals surface area contributed by atoms with E-state index in [1.165, 1.54) is 43.5 Å². The molecule has 0 aromatic heterocycles. The van der Waals surface area contributed by atoms with Crippen molar-refractivity contribution < 1.29 is 18.7 Å². The Labute approximate surface area is 151 Å². The molecule has 0 radical (unpaired) electrons. The summed E-state index contributed by atoms with van der Waals surface area (Å²) < 4.78 is 17.8. The van der Waals surface area contributed by atoms with Crippen molar-refractivity contribution in [1.82, 2.24) is 0 Å². The predicted octanol–water partition coefficient (Wildman–Crippen LogP) is 3.61. The van der Waals surface area contributed by atoms with Gasteiger partial charge in [-0.15, -0.1) is 0 Å². The number of ether oxygens (including phenoxy) is 1. The molecule has 1 saturated heterocycles. The molecular formula is C20H21FN2O3. The van der Waals surface area contributed by atoms with Gasteiger partial charge in [-0.3, -0.25) is 4.79 Å². The van der Waals surface area contributed by atoms with E-state index in [0.717, 1.165) is 18.8 Å². The Morgan fingerprint density at radius 3 is 2.27 bits per heavy atom. The number of piperidine rings is 1. The second-order valence-corrected chi connectivity index (χ2v) is 6.23. The molecule has 5 nitrogen and oxygen atoms in total. The van der Waals surface area contributed by atoms with Crippen LogP contribution in [0.15, 0.2) is 48.5 Å². The molecule has 0 saturated carbocycles. The van der Waals surface area contributed by atoms with E-state index in [4.69, 9.17) is 4.74 Å². The van der Waals surface area contributed by atoms with Gasteiger partial charge in [-0.25, -0.2) is 9.18 Å². The van der Waals surface area contributed by atoms with Crippen molar-refractivity contribution in [2.24, 2.45) is 0 Å². The van der Waals surface area contributed by atoms with Crippen molar-refractivity contribution in [2.75, 3.05) is 29.9 Å². The summed E-state index contributed by atoms with van der Waals surface area (Å²) in [7, 11) is 0. The van der Waals surface area contributed by atoms with Crippen LogP contribution in [0.5, 0.6) is 0 Å². The van der Waals surface area contributed by atoms with E-state index >= 15 is 0 Å². The van der Waals surface area contributed by atoms with Gasteiger partial charge in [-0.2, -0.15) is 0 Å². The maximum atomic E-state index is 12.8. The monoisotopic (exact) mass is 356 g/mol. The molecule has 2 aromatic carbocycles. The molecule has 1 N–H and O–H groups in total. The first kappa shape index (κ1) is 17.9. The van der Waals surface area contributed by atoms with Crippen molar-refractivity contribution in [3.8, 4) is 0 Å². The van der Waals surface area contributed by atoms with Gasteiger partial charge in [0.05, 0.1) is 5.56 Å². The van der Waals surface area contributed by atoms with E-state index in [0.29, 0.717) is 5.69 Å². The number of nitrogens with zero attached hydrogens (tertiary/aromatic N) is 1. The molecule has 1 fully saturated rings. The number of hydrogen-bond donors (Lipinski definition) is 1. The molecular weight excluding hydrogens is 335 g/mol. The second kappa shape index (κ2) is 8.47. The molecule has 1 aliphatic rings. The molecule has 2 aromatic rings. The number of carbonyl (C=O) groups is 2. The molecule has 1 heterocycles. The quantitative estimate of drug-likeness (QED) is 0.832. The van der Waals surface area contributed by atoms with Crippen LogP contribution in [0.2, 0.25) is 0 Å². The third kappa shape index (κ3) is 4.81. The van der Waals surface area contributed by atoms with E-state index < -0.39 is 24.3 Å². The topological polar surface area (TPSA) is 58.6 Å². The van der Waals surface area contributed by atoms with E-state index in [1.807, 2.05) is 24.3 Å². The Morgan fingerprint density at radius 2 is 1.62 bits per heavy atom. The lowest BCUT2D eigenvalue weighted by molar-refractivity contribution is -0.119. The summed E-state index contributed by atoms with van der Waals surface area (Å²) in [5, 5.41) is 2.69. The SMILES string of the molecule is O=C(COC(=O)c1ccc(F)cc1)Nc1ccc(N2CCCCC2)cc1. The number of rotatable bonds is 5. The molecule has 1 amide bonds. The standard InChI is InChI=1S/C20H21FN2O3/c21-16-6-4-15(5-7-16)20(25)26-14-19(24)22-17-8-10-18(11-9-17)23-12-2-1-3-13-23/h4-11H,1-3,12-14H2,(H,22,24). The van der Waals surface area contributed by atoms with Crippen molar-refractivity contribution in [3.63, 3.8) is 0 Å². The zero-order valence-corrected chi connectivity index (χ0v) is 14.4. The number of nitrogens with one attached hydrogen (secondary N) is 1. The summed E-state index contributed by atoms with van der Waals surface area (Å²) in [6, 6.07) is 12.6. The maximum Gasteiger partial charge on any atom is 0.338 e. The molecule has 26 heavy (non-hydrogen) atoms. The van der Waals surface area contributed by atoms with Crippen LogP contribution in [-0.4, -0.2) is 31.6 Å². The number of halogens is 1. The van der Waals surface area contributed by atoms with Gasteiger partial charge < -0.3 is 15.0 Å². The highest BCUT2D eigenvalue weighted by Crippen LogP contribution is 2.21. The zero-order valence-electron chi connectivity index (χ0n) is 14.4. The Kier molecular flexibility index (Phi) is 5.84. The third-order valence-corrected chi connectivity index (χ3v) is 4.29. The van der Waals surface area contributed by atoms with E-state index in [1.54, 1.807) is 0 Å². The summed E-state index contributed by atoms with van der Waals surface area (Å²) >= 11 is 0. The summed E-state index contributed by atoms with van der Waals surface area (Å²) in [4.78, 5) is 26.1. The first-order valence-electron chi connectivity index (χ1n) is 8.69. The third-order valence-electron chi connectivity index (χ3n) is 4.29. The fourth-order valence-corrected chi connectivity index (χ4v) is 2.91. The molecule has 0 bridgehead atoms. The number of anilines is 2. The van der Waals surface area contributed by atoms with Gasteiger partial charge in [0.2, 0.25) is 0 Å². The molecule has 0 aliphatic carbocycles. The molecule has 136 valence electrons. The Bertz CT molecular complexity index is 754. The molecule has 0 spiro atoms. The number of benzene rings is 2. The van der Waals surface area contributed by atoms with Crippen LogP contribution in [0.4, 0.5) is 15.8 Å². The fourth-order valence-electron chi connectivity index (χ4n) is 2.91. The van der Waals surface area contributed by atoms with Crippen LogP contribution in [0, 0.1) is 5.82 Å². The highest BCUT2D eigenvalue weighted by Gasteiger charge is 2.12. The van der Waals surface area contributed by atoms with Gasteiger partial charge in [0.25, 0.3) is 5.91 Å². The summed E-state index contributed by atoms with van der Waals surface area (Å²) in [6.07, 6.45) is 3.69. The van der Waals surface area contributed by atoms with Crippen LogP contribution in [-0.2, 0) is 9.53 Å². The largest absolute Gasteiger partial charge is 0.452 e. The summed E-state index contributed by atoms with van der Waals surface area (Å²) in [5.41, 5.74) is 1.99. The van der Waals surface area contributed by atoms with Gasteiger partial charge >= 0.3 is 5.97 Å². The number of amides is 1. The van der Waals surface area contributed by atoms with Crippen LogP contribution < -0.4 is 10.2 Å². The number of carbonyl (C=O) groups excluding carboxylic acids is 2. The lowest BCUT2D eigenvalue weighted by Crippen LogP contribution is -2.29. The Morgan fingerprint density at radius 1 is 0.962 bits per heavy atom. The van der Waals surface area contributed by atoms with Gasteiger partial charge in [0, 0.05) is 24.5 Å². The fraction of sp³-hybridized carbons (Fsp3) is 0.300. The minimum absolute atomic E-state index is 0.199. The molecule has 6 heteroatoms. The molecule has 0 atom stereocenters. The average molecular weight is 356 g/mol. The molecule has 0 unspecified atom stereocenters. The van der Waals surface area contributed by atoms with Crippen LogP contribution >= 0.6 is 0 Å². The lowest BCUT2D eigenvalue weighted by atomic mass is 10.1. The Balaban J connectivity index is 1.48. The highest BCUT2D eigenvalue weighted by molar-refractivity contribution is 5.95. The number of esters is 1. The van der Waals surface area contributed by atoms with Crippen molar-refractivity contribution in [2.45, 2.75) is 19.3 Å². The minimum Gasteiger partial charge on any atom is -0.452 e. The molecule has 3 rings (SSSR count). The summed E-state index contributed by atoms with van der Waals surface area (Å²) in [6.45, 7) is 1.72. The highest BCUT2D eigenvalue weighted by atomic mass is 19.1. The van der Waals surface area contributed by atoms with Gasteiger partial charge in [-0.1, -0.05) is 0 Å². The first-order valence-corrected chi connectivity index (χ1v) is 8.69. The normalized spacial score (nSPS) is 14.0. The van der Waals surface area contributed by atoms with Gasteiger partial charge in [0.15, 0.2) is 6.61 Å². The predicted molar refractivity (Wildman–Crippen MR) is 97.8 cm³/mol. The van der Waals surface area contributed by atoms with Crippen LogP contribution in [0.25, 0.3) is 0 Å². The zero-order chi connectivity index (χ0) is 18.4. The van der Waals surface area contributed by atoms with E-state index in [2.05, 4.69) is 10.2 Å².